The van der Waals surface area contributed by atoms with Crippen LogP contribution in [0.25, 0.3) is 0 Å². The highest BCUT2D eigenvalue weighted by atomic mass is 13.9. The number of allylic oxidation sites excluding steroid dienone is 2. The largest absolute Gasteiger partial charge is 0.0856 e. The summed E-state index contributed by atoms with van der Waals surface area (Å²) in [5.74, 6) is 0. The van der Waals surface area contributed by atoms with Crippen molar-refractivity contribution in [1.29, 1.82) is 0 Å². The summed E-state index contributed by atoms with van der Waals surface area (Å²) in [6, 6.07) is 0. The highest BCUT2D eigenvalue weighted by Crippen LogP contribution is 2.08. The lowest BCUT2D eigenvalue weighted by molar-refractivity contribution is 0.893. The highest BCUT2D eigenvalue weighted by molar-refractivity contribution is 5.00. The first-order valence-corrected chi connectivity index (χ1v) is 3.82. The van der Waals surface area contributed by atoms with Crippen LogP contribution in [0.3, 0.4) is 0 Å². The second kappa shape index (κ2) is 5.87. The molecule has 0 aromatic carbocycles. The molecule has 0 nitrogen and oxygen atoms in total. The number of rotatable bonds is 4. The molecule has 0 aromatic heterocycles. The van der Waals surface area contributed by atoms with E-state index in [1.807, 2.05) is 0 Å². The predicted molar refractivity (Wildman–Crippen MR) is 43.3 cm³/mol. The molecule has 0 fully saturated rings. The summed E-state index contributed by atoms with van der Waals surface area (Å²) in [6.45, 7) is 8.20. The van der Waals surface area contributed by atoms with Crippen LogP contribution >= 0.6 is 0 Å². The van der Waals surface area contributed by atoms with Crippen LogP contribution in [-0.4, -0.2) is 0 Å². The smallest absolute Gasteiger partial charge is 0.0320 e. The van der Waals surface area contributed by atoms with Gasteiger partial charge in [0.15, 0.2) is 0 Å². The van der Waals surface area contributed by atoms with E-state index in [2.05, 4.69) is 26.8 Å². The summed E-state index contributed by atoms with van der Waals surface area (Å²) >= 11 is 0. The maximum Gasteiger partial charge on any atom is -0.0320 e. The lowest BCUT2D eigenvalue weighted by Gasteiger charge is -1.99. The molecule has 53 valence electrons. The fourth-order valence-corrected chi connectivity index (χ4v) is 0.939. The van der Waals surface area contributed by atoms with Crippen LogP contribution in [-0.2, 0) is 0 Å². The zero-order valence-electron chi connectivity index (χ0n) is 6.61. The van der Waals surface area contributed by atoms with Gasteiger partial charge in [0.25, 0.3) is 0 Å². The Morgan fingerprint density at radius 1 is 1.44 bits per heavy atom. The summed E-state index contributed by atoms with van der Waals surface area (Å²) < 4.78 is 0. The molecule has 0 bridgehead atoms. The minimum atomic E-state index is 1.04. The molecule has 0 spiro atoms. The highest BCUT2D eigenvalue weighted by Gasteiger charge is 1.88. The fraction of sp³-hybridized carbons (Fsp3) is 0.667. The first kappa shape index (κ1) is 8.74. The minimum absolute atomic E-state index is 1.04. The van der Waals surface area contributed by atoms with E-state index >= 15 is 0 Å². The van der Waals surface area contributed by atoms with Crippen LogP contribution in [0.4, 0.5) is 0 Å². The zero-order valence-corrected chi connectivity index (χ0v) is 6.61. The Labute approximate surface area is 59.0 Å². The van der Waals surface area contributed by atoms with Crippen molar-refractivity contribution in [3.63, 3.8) is 0 Å². The van der Waals surface area contributed by atoms with E-state index in [9.17, 15) is 0 Å². The number of hydrogen-bond donors (Lipinski definition) is 0. The van der Waals surface area contributed by atoms with Gasteiger partial charge in [0.1, 0.15) is 0 Å². The maximum atomic E-state index is 3.81. The summed E-state index contributed by atoms with van der Waals surface area (Å²) in [7, 11) is 0. The van der Waals surface area contributed by atoms with E-state index < -0.39 is 0 Å². The summed E-state index contributed by atoms with van der Waals surface area (Å²) in [6.07, 6.45) is 6.90. The van der Waals surface area contributed by atoms with Crippen LogP contribution in [0.2, 0.25) is 0 Å². The first-order chi connectivity index (χ1) is 4.35. The van der Waals surface area contributed by atoms with Crippen molar-refractivity contribution in [3.8, 4) is 0 Å². The first-order valence-electron chi connectivity index (χ1n) is 3.82. The monoisotopic (exact) mass is 125 g/mol. The third kappa shape index (κ3) is 4.26. The number of hydrogen-bond acceptors (Lipinski definition) is 0. The molecular formula is C9H17. The van der Waals surface area contributed by atoms with Gasteiger partial charge in [-0.1, -0.05) is 32.4 Å². The van der Waals surface area contributed by atoms with Crippen LogP contribution in [0, 0.1) is 6.92 Å². The van der Waals surface area contributed by atoms with Gasteiger partial charge in [-0.2, -0.15) is 0 Å². The Kier molecular flexibility index (Phi) is 5.70. The Balaban J connectivity index is 3.53. The van der Waals surface area contributed by atoms with Crippen molar-refractivity contribution in [2.45, 2.75) is 39.5 Å². The average molecular weight is 125 g/mol. The molecule has 0 aliphatic carbocycles. The molecule has 0 saturated carbocycles. The molecule has 0 atom stereocenters. The molecule has 0 N–H and O–H groups in total. The van der Waals surface area contributed by atoms with Crippen molar-refractivity contribution in [1.82, 2.24) is 0 Å². The molecule has 0 unspecified atom stereocenters. The van der Waals surface area contributed by atoms with Gasteiger partial charge in [-0.15, -0.1) is 0 Å². The van der Waals surface area contributed by atoms with E-state index in [0.717, 1.165) is 6.42 Å². The molecule has 0 amide bonds. The molecule has 9 heavy (non-hydrogen) atoms. The topological polar surface area (TPSA) is 0 Å². The van der Waals surface area contributed by atoms with E-state index in [4.69, 9.17) is 0 Å². The molecule has 0 aromatic rings. The molecule has 0 saturated heterocycles. The van der Waals surface area contributed by atoms with Gasteiger partial charge in [-0.05, 0) is 25.7 Å². The fourth-order valence-electron chi connectivity index (χ4n) is 0.939. The summed E-state index contributed by atoms with van der Waals surface area (Å²) in [5.41, 5.74) is 1.56. The molecule has 0 aliphatic rings. The van der Waals surface area contributed by atoms with Crippen molar-refractivity contribution in [2.75, 3.05) is 0 Å². The third-order valence-electron chi connectivity index (χ3n) is 1.44. The quantitative estimate of drug-likeness (QED) is 0.505. The van der Waals surface area contributed by atoms with Gasteiger partial charge in [-0.3, -0.25) is 0 Å². The summed E-state index contributed by atoms with van der Waals surface area (Å²) in [5, 5.41) is 0. The van der Waals surface area contributed by atoms with Gasteiger partial charge in [-0.25, -0.2) is 0 Å². The van der Waals surface area contributed by atoms with Gasteiger partial charge < -0.3 is 0 Å². The van der Waals surface area contributed by atoms with Crippen LogP contribution < -0.4 is 0 Å². The molecular weight excluding hydrogens is 108 g/mol. The predicted octanol–water partition coefficient (Wildman–Crippen LogP) is 3.35. The third-order valence-corrected chi connectivity index (χ3v) is 1.44. The lowest BCUT2D eigenvalue weighted by atomic mass is 10.1. The Morgan fingerprint density at radius 3 is 2.44 bits per heavy atom. The lowest BCUT2D eigenvalue weighted by Crippen LogP contribution is -1.78. The SMILES string of the molecule is [CH2]CC/C(=C/CC)CC. The average Bonchev–Trinajstić information content (AvgIpc) is 1.88. The minimum Gasteiger partial charge on any atom is -0.0856 e. The standard InChI is InChI=1S/C9H17/c1-4-7-9(6-3)8-5-2/h8H,1,4-7H2,2-3H3/b9-8+. The Bertz CT molecular complexity index is 80.0. The van der Waals surface area contributed by atoms with Crippen LogP contribution in [0.1, 0.15) is 39.5 Å². The molecule has 0 aliphatic heterocycles. The van der Waals surface area contributed by atoms with E-state index in [1.54, 1.807) is 5.57 Å². The Hall–Kier alpha value is -0.260. The van der Waals surface area contributed by atoms with Crippen molar-refractivity contribution in [3.05, 3.63) is 18.6 Å². The van der Waals surface area contributed by atoms with E-state index in [1.165, 1.54) is 19.3 Å². The van der Waals surface area contributed by atoms with Gasteiger partial charge in [0, 0.05) is 0 Å². The molecule has 0 rings (SSSR count). The zero-order chi connectivity index (χ0) is 7.11. The van der Waals surface area contributed by atoms with E-state index in [-0.39, 0.29) is 0 Å². The molecule has 1 radical (unpaired) electrons. The maximum absolute atomic E-state index is 3.81. The second-order valence-electron chi connectivity index (χ2n) is 2.23. The Morgan fingerprint density at radius 2 is 2.11 bits per heavy atom. The normalized spacial score (nSPS) is 12.1. The van der Waals surface area contributed by atoms with Crippen molar-refractivity contribution < 1.29 is 0 Å². The van der Waals surface area contributed by atoms with Gasteiger partial charge >= 0.3 is 0 Å². The van der Waals surface area contributed by atoms with Gasteiger partial charge in [0.05, 0.1) is 0 Å². The second-order valence-corrected chi connectivity index (χ2v) is 2.23. The molecule has 0 heteroatoms. The van der Waals surface area contributed by atoms with Gasteiger partial charge in [0.2, 0.25) is 0 Å². The summed E-state index contributed by atoms with van der Waals surface area (Å²) in [4.78, 5) is 0. The van der Waals surface area contributed by atoms with Crippen LogP contribution in [0.5, 0.6) is 0 Å². The molecule has 0 heterocycles. The van der Waals surface area contributed by atoms with E-state index in [0.29, 0.717) is 0 Å². The van der Waals surface area contributed by atoms with Crippen molar-refractivity contribution >= 4 is 0 Å². The van der Waals surface area contributed by atoms with Crippen LogP contribution in [0.15, 0.2) is 11.6 Å². The van der Waals surface area contributed by atoms with Crippen molar-refractivity contribution in [2.24, 2.45) is 0 Å².